The fourth-order valence-electron chi connectivity index (χ4n) is 2.60. The number of hydrogen-bond donors (Lipinski definition) is 0. The van der Waals surface area contributed by atoms with Gasteiger partial charge < -0.3 is 9.64 Å². The van der Waals surface area contributed by atoms with Crippen molar-refractivity contribution in [2.45, 2.75) is 18.3 Å². The first-order valence-corrected chi connectivity index (χ1v) is 8.48. The van der Waals surface area contributed by atoms with Gasteiger partial charge in [-0.05, 0) is 23.8 Å². The van der Waals surface area contributed by atoms with Crippen molar-refractivity contribution in [1.29, 1.82) is 0 Å². The summed E-state index contributed by atoms with van der Waals surface area (Å²) >= 11 is 1.21. The number of benzene rings is 2. The maximum absolute atomic E-state index is 13.9. The van der Waals surface area contributed by atoms with Gasteiger partial charge in [0.05, 0.1) is 5.75 Å². The van der Waals surface area contributed by atoms with Crippen LogP contribution in [0.3, 0.4) is 0 Å². The third-order valence-electron chi connectivity index (χ3n) is 3.70. The quantitative estimate of drug-likeness (QED) is 0.714. The Morgan fingerprint density at radius 3 is 2.62 bits per heavy atom. The van der Waals surface area contributed by atoms with Gasteiger partial charge in [-0.1, -0.05) is 18.2 Å². The largest absolute Gasteiger partial charge is 0.573 e. The van der Waals surface area contributed by atoms with E-state index in [1.807, 2.05) is 0 Å². The first-order valence-electron chi connectivity index (χ1n) is 7.43. The molecule has 1 fully saturated rings. The first kappa shape index (κ1) is 18.5. The molecule has 1 atom stereocenters. The van der Waals surface area contributed by atoms with Crippen LogP contribution in [0.1, 0.15) is 16.5 Å². The van der Waals surface area contributed by atoms with Gasteiger partial charge in [0.1, 0.15) is 22.8 Å². The van der Waals surface area contributed by atoms with Crippen LogP contribution in [0.15, 0.2) is 42.5 Å². The molecule has 138 valence electrons. The van der Waals surface area contributed by atoms with Gasteiger partial charge in [0.25, 0.3) is 0 Å². The van der Waals surface area contributed by atoms with Crippen molar-refractivity contribution in [3.63, 3.8) is 0 Å². The van der Waals surface area contributed by atoms with Gasteiger partial charge in [-0.15, -0.1) is 24.9 Å². The highest BCUT2D eigenvalue weighted by atomic mass is 32.2. The molecule has 2 aromatic carbocycles. The number of carbonyl (C=O) groups is 1. The summed E-state index contributed by atoms with van der Waals surface area (Å²) in [6.07, 6.45) is -4.83. The van der Waals surface area contributed by atoms with E-state index < -0.39 is 29.1 Å². The topological polar surface area (TPSA) is 29.5 Å². The lowest BCUT2D eigenvalue weighted by atomic mass is 10.1. The average Bonchev–Trinajstić information content (AvgIpc) is 2.90. The first-order chi connectivity index (χ1) is 12.2. The molecule has 3 rings (SSSR count). The van der Waals surface area contributed by atoms with Gasteiger partial charge in [0, 0.05) is 18.2 Å². The van der Waals surface area contributed by atoms with E-state index in [-0.39, 0.29) is 23.8 Å². The number of hydrogen-bond acceptors (Lipinski definition) is 3. The predicted molar refractivity (Wildman–Crippen MR) is 85.2 cm³/mol. The van der Waals surface area contributed by atoms with E-state index in [2.05, 4.69) is 4.74 Å². The lowest BCUT2D eigenvalue weighted by Gasteiger charge is -2.25. The molecule has 1 unspecified atom stereocenters. The van der Waals surface area contributed by atoms with Gasteiger partial charge in [0.15, 0.2) is 0 Å². The van der Waals surface area contributed by atoms with Gasteiger partial charge in [0.2, 0.25) is 5.91 Å². The summed E-state index contributed by atoms with van der Waals surface area (Å²) in [7, 11) is 0. The smallest absolute Gasteiger partial charge is 0.406 e. The summed E-state index contributed by atoms with van der Waals surface area (Å²) in [5.74, 6) is -2.10. The molecule has 1 amide bonds. The van der Waals surface area contributed by atoms with Crippen LogP contribution in [0.2, 0.25) is 0 Å². The molecule has 0 saturated carbocycles. The average molecular weight is 389 g/mol. The summed E-state index contributed by atoms with van der Waals surface area (Å²) in [4.78, 5) is 13.5. The number of rotatable bonds is 4. The molecule has 0 aliphatic carbocycles. The number of halogens is 5. The number of carbonyl (C=O) groups excluding carboxylic acids is 1. The Kier molecular flexibility index (Phi) is 5.08. The Labute approximate surface area is 149 Å². The Morgan fingerprint density at radius 1 is 1.15 bits per heavy atom. The summed E-state index contributed by atoms with van der Waals surface area (Å²) < 4.78 is 68.0. The van der Waals surface area contributed by atoms with E-state index in [1.165, 1.54) is 34.9 Å². The number of alkyl halides is 3. The molecule has 1 aliphatic rings. The van der Waals surface area contributed by atoms with Crippen LogP contribution >= 0.6 is 11.8 Å². The van der Waals surface area contributed by atoms with Crippen molar-refractivity contribution in [1.82, 2.24) is 4.90 Å². The SMILES string of the molecule is O=C1CSC(c2cccc(OC(F)(F)F)c2)N1Cc1ccc(F)cc1F. The second-order valence-electron chi connectivity index (χ2n) is 5.54. The van der Waals surface area contributed by atoms with Gasteiger partial charge in [-0.3, -0.25) is 4.79 Å². The molecular weight excluding hydrogens is 377 g/mol. The zero-order chi connectivity index (χ0) is 18.9. The lowest BCUT2D eigenvalue weighted by Crippen LogP contribution is -2.28. The highest BCUT2D eigenvalue weighted by molar-refractivity contribution is 8.00. The summed E-state index contributed by atoms with van der Waals surface area (Å²) in [6, 6.07) is 8.33. The van der Waals surface area contributed by atoms with E-state index in [0.717, 1.165) is 18.2 Å². The van der Waals surface area contributed by atoms with E-state index in [0.29, 0.717) is 5.56 Å². The zero-order valence-electron chi connectivity index (χ0n) is 13.1. The van der Waals surface area contributed by atoms with Crippen LogP contribution in [0.5, 0.6) is 5.75 Å². The summed E-state index contributed by atoms with van der Waals surface area (Å²) in [5.41, 5.74) is 0.542. The molecule has 9 heteroatoms. The van der Waals surface area contributed by atoms with Crippen molar-refractivity contribution in [3.05, 3.63) is 65.2 Å². The highest BCUT2D eigenvalue weighted by Crippen LogP contribution is 2.41. The number of amides is 1. The standard InChI is InChI=1S/C17H12F5NO2S/c18-12-5-4-11(14(19)7-12)8-23-15(24)9-26-16(23)10-2-1-3-13(6-10)25-17(20,21)22/h1-7,16H,8-9H2. The van der Waals surface area contributed by atoms with Crippen LogP contribution in [-0.4, -0.2) is 22.9 Å². The molecule has 0 aromatic heterocycles. The monoisotopic (exact) mass is 389 g/mol. The van der Waals surface area contributed by atoms with E-state index in [9.17, 15) is 26.7 Å². The maximum atomic E-state index is 13.9. The molecule has 1 aliphatic heterocycles. The molecule has 0 spiro atoms. The van der Waals surface area contributed by atoms with E-state index >= 15 is 0 Å². The van der Waals surface area contributed by atoms with E-state index in [1.54, 1.807) is 6.07 Å². The fourth-order valence-corrected chi connectivity index (χ4v) is 3.78. The minimum atomic E-state index is -4.83. The molecule has 3 nitrogen and oxygen atoms in total. The third kappa shape index (κ3) is 4.27. The number of nitrogens with zero attached hydrogens (tertiary/aromatic N) is 1. The van der Waals surface area contributed by atoms with Crippen LogP contribution in [0.4, 0.5) is 22.0 Å². The summed E-state index contributed by atoms with van der Waals surface area (Å²) in [6.45, 7) is -0.118. The minimum absolute atomic E-state index is 0.109. The normalized spacial score (nSPS) is 17.7. The molecule has 1 saturated heterocycles. The van der Waals surface area contributed by atoms with Crippen LogP contribution in [0.25, 0.3) is 0 Å². The third-order valence-corrected chi connectivity index (χ3v) is 4.96. The molecule has 26 heavy (non-hydrogen) atoms. The molecule has 0 bridgehead atoms. The molecule has 1 heterocycles. The van der Waals surface area contributed by atoms with Crippen LogP contribution in [0, 0.1) is 11.6 Å². The maximum Gasteiger partial charge on any atom is 0.573 e. The Morgan fingerprint density at radius 2 is 1.92 bits per heavy atom. The lowest BCUT2D eigenvalue weighted by molar-refractivity contribution is -0.274. The van der Waals surface area contributed by atoms with Gasteiger partial charge in [-0.25, -0.2) is 8.78 Å². The van der Waals surface area contributed by atoms with Crippen molar-refractivity contribution in [3.8, 4) is 5.75 Å². The van der Waals surface area contributed by atoms with Crippen LogP contribution in [-0.2, 0) is 11.3 Å². The van der Waals surface area contributed by atoms with E-state index in [4.69, 9.17) is 0 Å². The van der Waals surface area contributed by atoms with Crippen molar-refractivity contribution >= 4 is 17.7 Å². The Hall–Kier alpha value is -2.29. The molecule has 2 aromatic rings. The molecule has 0 N–H and O–H groups in total. The predicted octanol–water partition coefficient (Wildman–Crippen LogP) is 4.64. The summed E-state index contributed by atoms with van der Waals surface area (Å²) in [5, 5.41) is -0.594. The zero-order valence-corrected chi connectivity index (χ0v) is 13.9. The molecule has 0 radical (unpaired) electrons. The van der Waals surface area contributed by atoms with Gasteiger partial charge >= 0.3 is 6.36 Å². The minimum Gasteiger partial charge on any atom is -0.406 e. The number of thioether (sulfide) groups is 1. The second kappa shape index (κ2) is 7.14. The number of ether oxygens (including phenoxy) is 1. The Bertz CT molecular complexity index is 827. The van der Waals surface area contributed by atoms with Crippen molar-refractivity contribution < 1.29 is 31.5 Å². The van der Waals surface area contributed by atoms with Crippen molar-refractivity contribution in [2.75, 3.05) is 5.75 Å². The molecular formula is C17H12F5NO2S. The van der Waals surface area contributed by atoms with Crippen molar-refractivity contribution in [2.24, 2.45) is 0 Å². The fraction of sp³-hybridized carbons (Fsp3) is 0.235. The second-order valence-corrected chi connectivity index (χ2v) is 6.61. The van der Waals surface area contributed by atoms with Crippen LogP contribution < -0.4 is 4.74 Å². The van der Waals surface area contributed by atoms with Gasteiger partial charge in [-0.2, -0.15) is 0 Å². The highest BCUT2D eigenvalue weighted by Gasteiger charge is 2.35. The Balaban J connectivity index is 1.85.